The molecule has 5 aromatic rings. The van der Waals surface area contributed by atoms with Crippen LogP contribution in [0, 0.1) is 12.7 Å². The van der Waals surface area contributed by atoms with E-state index in [1.165, 1.54) is 12.1 Å². The highest BCUT2D eigenvalue weighted by Crippen LogP contribution is 2.26. The predicted octanol–water partition coefficient (Wildman–Crippen LogP) is 4.46. The average Bonchev–Trinajstić information content (AvgIpc) is 3.42. The van der Waals surface area contributed by atoms with E-state index in [0.717, 1.165) is 16.9 Å². The number of aryl methyl sites for hydroxylation is 3. The van der Waals surface area contributed by atoms with E-state index in [9.17, 15) is 9.18 Å². The largest absolute Gasteiger partial charge is 0.341 e. The lowest BCUT2D eigenvalue weighted by molar-refractivity contribution is 0.0943. The molecule has 2 aromatic carbocycles. The van der Waals surface area contributed by atoms with Crippen LogP contribution in [0.5, 0.6) is 0 Å². The number of hydrogen-bond donors (Lipinski definition) is 2. The van der Waals surface area contributed by atoms with Crippen molar-refractivity contribution in [2.45, 2.75) is 13.0 Å². The number of fused-ring (bicyclic) bond motifs is 1. The summed E-state index contributed by atoms with van der Waals surface area (Å²) in [6.07, 6.45) is 5.08. The fourth-order valence-electron chi connectivity index (χ4n) is 3.92. The van der Waals surface area contributed by atoms with Gasteiger partial charge >= 0.3 is 0 Å². The smallest absolute Gasteiger partial charge is 0.252 e. The number of nitrogens with zero attached hydrogens (tertiary/aromatic N) is 6. The van der Waals surface area contributed by atoms with E-state index in [-0.39, 0.29) is 10.9 Å². The molecule has 11 heteroatoms. The zero-order chi connectivity index (χ0) is 25.4. The van der Waals surface area contributed by atoms with Crippen LogP contribution in [0.15, 0.2) is 61.1 Å². The van der Waals surface area contributed by atoms with Crippen molar-refractivity contribution in [1.82, 2.24) is 34.8 Å². The lowest BCUT2D eigenvalue weighted by Gasteiger charge is -2.19. The second-order valence-corrected chi connectivity index (χ2v) is 8.82. The molecule has 0 aliphatic carbocycles. The van der Waals surface area contributed by atoms with Gasteiger partial charge in [0.25, 0.3) is 5.91 Å². The Morgan fingerprint density at radius 3 is 2.61 bits per heavy atom. The maximum Gasteiger partial charge on any atom is 0.252 e. The molecule has 0 unspecified atom stereocenters. The Hall–Kier alpha value is -4.31. The molecule has 0 saturated carbocycles. The van der Waals surface area contributed by atoms with Gasteiger partial charge in [0, 0.05) is 49.1 Å². The second-order valence-electron chi connectivity index (χ2n) is 8.41. The van der Waals surface area contributed by atoms with Gasteiger partial charge in [0.05, 0.1) is 28.5 Å². The van der Waals surface area contributed by atoms with E-state index in [2.05, 4.69) is 30.8 Å². The number of amides is 1. The Morgan fingerprint density at radius 1 is 1.08 bits per heavy atom. The summed E-state index contributed by atoms with van der Waals surface area (Å²) in [5.74, 6) is 0.211. The van der Waals surface area contributed by atoms with Crippen LogP contribution in [-0.2, 0) is 14.1 Å². The van der Waals surface area contributed by atoms with E-state index in [1.807, 2.05) is 20.0 Å². The van der Waals surface area contributed by atoms with Gasteiger partial charge in [-0.2, -0.15) is 10.2 Å². The highest BCUT2D eigenvalue weighted by atomic mass is 35.5. The third-order valence-electron chi connectivity index (χ3n) is 5.70. The molecular formula is C25H22ClFN8O. The number of carbonyl (C=O) groups is 1. The standard InChI is InChI=1S/C25H22ClFN8O/c1-14-8-22(35(3)33-14)31-25-28-11-17-5-4-16(10-21(17)30-25)24(36)32-23(18-12-29-34(2)13-18)15-6-7-19(26)20(27)9-15/h4-13,23H,1-3H3,(H,32,36)(H,28,30,31)/t23-/m0/s1. The molecule has 0 radical (unpaired) electrons. The lowest BCUT2D eigenvalue weighted by Crippen LogP contribution is -2.29. The zero-order valence-corrected chi connectivity index (χ0v) is 20.5. The molecule has 0 bridgehead atoms. The van der Waals surface area contributed by atoms with Crippen LogP contribution in [0.2, 0.25) is 5.02 Å². The van der Waals surface area contributed by atoms with Crippen molar-refractivity contribution in [2.75, 3.05) is 5.32 Å². The first-order chi connectivity index (χ1) is 17.3. The number of benzene rings is 2. The van der Waals surface area contributed by atoms with Gasteiger partial charge in [-0.3, -0.25) is 14.2 Å². The van der Waals surface area contributed by atoms with Crippen LogP contribution in [0.4, 0.5) is 16.2 Å². The van der Waals surface area contributed by atoms with Crippen molar-refractivity contribution >= 4 is 40.2 Å². The van der Waals surface area contributed by atoms with Crippen molar-refractivity contribution < 1.29 is 9.18 Å². The topological polar surface area (TPSA) is 103 Å². The first-order valence-corrected chi connectivity index (χ1v) is 11.4. The van der Waals surface area contributed by atoms with E-state index in [1.54, 1.807) is 59.3 Å². The summed E-state index contributed by atoms with van der Waals surface area (Å²) in [4.78, 5) is 22.2. The molecule has 0 spiro atoms. The summed E-state index contributed by atoms with van der Waals surface area (Å²) in [5, 5.41) is 15.4. The third-order valence-corrected chi connectivity index (χ3v) is 6.00. The Kier molecular flexibility index (Phi) is 6.11. The highest BCUT2D eigenvalue weighted by molar-refractivity contribution is 6.30. The zero-order valence-electron chi connectivity index (χ0n) is 19.7. The number of halogens is 2. The molecule has 0 aliphatic rings. The Bertz CT molecular complexity index is 1590. The van der Waals surface area contributed by atoms with Crippen LogP contribution in [-0.4, -0.2) is 35.4 Å². The number of anilines is 2. The third kappa shape index (κ3) is 4.76. The lowest BCUT2D eigenvalue weighted by atomic mass is 10.0. The number of aromatic nitrogens is 6. The summed E-state index contributed by atoms with van der Waals surface area (Å²) < 4.78 is 17.5. The molecule has 36 heavy (non-hydrogen) atoms. The summed E-state index contributed by atoms with van der Waals surface area (Å²) in [6.45, 7) is 1.90. The Morgan fingerprint density at radius 2 is 1.92 bits per heavy atom. The van der Waals surface area contributed by atoms with Crippen molar-refractivity contribution in [2.24, 2.45) is 14.1 Å². The Labute approximate surface area is 210 Å². The molecule has 0 aliphatic heterocycles. The van der Waals surface area contributed by atoms with Crippen molar-refractivity contribution in [3.8, 4) is 0 Å². The number of carbonyl (C=O) groups excluding carboxylic acids is 1. The van der Waals surface area contributed by atoms with Crippen LogP contribution in [0.3, 0.4) is 0 Å². The van der Waals surface area contributed by atoms with E-state index >= 15 is 0 Å². The SMILES string of the molecule is Cc1cc(Nc2ncc3ccc(C(=O)N[C@@H](c4ccc(Cl)c(F)c4)c4cnn(C)c4)cc3n2)n(C)n1. The van der Waals surface area contributed by atoms with Gasteiger partial charge in [0.15, 0.2) is 0 Å². The summed E-state index contributed by atoms with van der Waals surface area (Å²) in [5.41, 5.74) is 3.10. The summed E-state index contributed by atoms with van der Waals surface area (Å²) >= 11 is 5.87. The fraction of sp³-hybridized carbons (Fsp3) is 0.160. The average molecular weight is 505 g/mol. The van der Waals surface area contributed by atoms with Crippen molar-refractivity contribution in [3.05, 3.63) is 94.3 Å². The molecule has 3 aromatic heterocycles. The molecule has 2 N–H and O–H groups in total. The van der Waals surface area contributed by atoms with Crippen LogP contribution in [0.1, 0.15) is 33.2 Å². The number of rotatable bonds is 6. The number of hydrogen-bond acceptors (Lipinski definition) is 6. The van der Waals surface area contributed by atoms with Gasteiger partial charge in [-0.15, -0.1) is 0 Å². The van der Waals surface area contributed by atoms with Gasteiger partial charge in [-0.25, -0.2) is 14.4 Å². The molecule has 1 amide bonds. The van der Waals surface area contributed by atoms with Crippen LogP contribution in [0.25, 0.3) is 10.9 Å². The summed E-state index contributed by atoms with van der Waals surface area (Å²) in [6, 6.07) is 10.9. The van der Waals surface area contributed by atoms with Crippen molar-refractivity contribution in [3.63, 3.8) is 0 Å². The quantitative estimate of drug-likeness (QED) is 0.354. The van der Waals surface area contributed by atoms with Gasteiger partial charge < -0.3 is 10.6 Å². The minimum Gasteiger partial charge on any atom is -0.341 e. The molecule has 0 saturated heterocycles. The maximum absolute atomic E-state index is 14.2. The van der Waals surface area contributed by atoms with Gasteiger partial charge in [0.1, 0.15) is 11.6 Å². The van der Waals surface area contributed by atoms with Gasteiger partial charge in [-0.1, -0.05) is 23.7 Å². The Balaban J connectivity index is 1.44. The molecule has 0 fully saturated rings. The first kappa shape index (κ1) is 23.4. The number of nitrogens with one attached hydrogen (secondary N) is 2. The maximum atomic E-state index is 14.2. The minimum atomic E-state index is -0.635. The van der Waals surface area contributed by atoms with E-state index in [0.29, 0.717) is 28.2 Å². The van der Waals surface area contributed by atoms with Gasteiger partial charge in [-0.05, 0) is 36.8 Å². The normalized spacial score (nSPS) is 12.0. The van der Waals surface area contributed by atoms with Crippen LogP contribution >= 0.6 is 11.6 Å². The molecule has 5 rings (SSSR count). The van der Waals surface area contributed by atoms with E-state index in [4.69, 9.17) is 11.6 Å². The van der Waals surface area contributed by atoms with Gasteiger partial charge in [0.2, 0.25) is 5.95 Å². The molecule has 3 heterocycles. The highest BCUT2D eigenvalue weighted by Gasteiger charge is 2.21. The predicted molar refractivity (Wildman–Crippen MR) is 135 cm³/mol. The molecule has 9 nitrogen and oxygen atoms in total. The van der Waals surface area contributed by atoms with Crippen LogP contribution < -0.4 is 10.6 Å². The second kappa shape index (κ2) is 9.38. The fourth-order valence-corrected chi connectivity index (χ4v) is 4.04. The van der Waals surface area contributed by atoms with Crippen molar-refractivity contribution in [1.29, 1.82) is 0 Å². The molecule has 1 atom stereocenters. The summed E-state index contributed by atoms with van der Waals surface area (Å²) in [7, 11) is 3.59. The van der Waals surface area contributed by atoms with E-state index < -0.39 is 11.9 Å². The molecular weight excluding hydrogens is 483 g/mol. The minimum absolute atomic E-state index is 0.00919. The monoisotopic (exact) mass is 504 g/mol. The first-order valence-electron chi connectivity index (χ1n) is 11.1. The molecule has 182 valence electrons.